The summed E-state index contributed by atoms with van der Waals surface area (Å²) in [6, 6.07) is 7.76. The zero-order valence-corrected chi connectivity index (χ0v) is 9.81. The van der Waals surface area contributed by atoms with E-state index in [1.165, 1.54) is 5.56 Å². The third-order valence-corrected chi connectivity index (χ3v) is 3.14. The molecular weight excluding hydrogens is 214 g/mol. The molecule has 1 aliphatic rings. The molecule has 0 radical (unpaired) electrons. The third-order valence-electron chi connectivity index (χ3n) is 3.14. The second-order valence-corrected chi connectivity index (χ2v) is 4.32. The topological polar surface area (TPSA) is 53.1 Å². The zero-order valence-electron chi connectivity index (χ0n) is 9.81. The van der Waals surface area contributed by atoms with Gasteiger partial charge in [-0.2, -0.15) is 5.10 Å². The van der Waals surface area contributed by atoms with Gasteiger partial charge in [0.05, 0.1) is 30.3 Å². The number of hydrogen-bond donors (Lipinski definition) is 1. The fourth-order valence-corrected chi connectivity index (χ4v) is 2.29. The van der Waals surface area contributed by atoms with Crippen molar-refractivity contribution in [2.24, 2.45) is 0 Å². The zero-order chi connectivity index (χ0) is 11.8. The highest BCUT2D eigenvalue weighted by Gasteiger charge is 2.19. The molecule has 2 aromatic rings. The van der Waals surface area contributed by atoms with Crippen molar-refractivity contribution in [2.45, 2.75) is 20.0 Å². The molecule has 2 heterocycles. The maximum atomic E-state index is 5.81. The van der Waals surface area contributed by atoms with E-state index in [1.807, 2.05) is 35.9 Å². The van der Waals surface area contributed by atoms with E-state index in [1.54, 1.807) is 0 Å². The van der Waals surface area contributed by atoms with Crippen molar-refractivity contribution < 1.29 is 4.74 Å². The van der Waals surface area contributed by atoms with Gasteiger partial charge in [0.15, 0.2) is 0 Å². The molecule has 2 N–H and O–H groups in total. The first-order valence-corrected chi connectivity index (χ1v) is 5.77. The lowest BCUT2D eigenvalue weighted by Crippen LogP contribution is -2.12. The van der Waals surface area contributed by atoms with Gasteiger partial charge in [-0.1, -0.05) is 6.07 Å². The molecule has 0 fully saturated rings. The van der Waals surface area contributed by atoms with E-state index in [0.29, 0.717) is 6.61 Å². The molecule has 17 heavy (non-hydrogen) atoms. The smallest absolute Gasteiger partial charge is 0.0892 e. The van der Waals surface area contributed by atoms with Gasteiger partial charge in [-0.3, -0.25) is 0 Å². The van der Waals surface area contributed by atoms with Crippen LogP contribution in [0.2, 0.25) is 0 Å². The molecule has 4 nitrogen and oxygen atoms in total. The number of aryl methyl sites for hydroxylation is 1. The van der Waals surface area contributed by atoms with Crippen LogP contribution in [0.1, 0.15) is 17.0 Å². The number of fused-ring (bicyclic) bond motifs is 1. The van der Waals surface area contributed by atoms with Crippen LogP contribution in [0.5, 0.6) is 0 Å². The third kappa shape index (κ3) is 1.70. The summed E-state index contributed by atoms with van der Waals surface area (Å²) in [5.41, 5.74) is 11.1. The second kappa shape index (κ2) is 3.89. The Morgan fingerprint density at radius 1 is 1.41 bits per heavy atom. The Morgan fingerprint density at radius 2 is 2.29 bits per heavy atom. The predicted molar refractivity (Wildman–Crippen MR) is 66.1 cm³/mol. The summed E-state index contributed by atoms with van der Waals surface area (Å²) in [6.07, 6.45) is 0.948. The number of anilines is 1. The monoisotopic (exact) mass is 229 g/mol. The lowest BCUT2D eigenvalue weighted by Gasteiger charge is -2.15. The van der Waals surface area contributed by atoms with Gasteiger partial charge in [0, 0.05) is 11.3 Å². The number of nitrogens with zero attached hydrogens (tertiary/aromatic N) is 2. The highest BCUT2D eigenvalue weighted by molar-refractivity contribution is 5.48. The molecule has 3 rings (SSSR count). The van der Waals surface area contributed by atoms with Crippen molar-refractivity contribution in [3.63, 3.8) is 0 Å². The largest absolute Gasteiger partial charge is 0.399 e. The van der Waals surface area contributed by atoms with Crippen molar-refractivity contribution in [1.82, 2.24) is 9.78 Å². The molecule has 0 bridgehead atoms. The number of ether oxygens (including phenoxy) is 1. The molecule has 1 aliphatic heterocycles. The Balaban J connectivity index is 2.15. The van der Waals surface area contributed by atoms with E-state index < -0.39 is 0 Å². The first-order chi connectivity index (χ1) is 8.25. The van der Waals surface area contributed by atoms with Gasteiger partial charge < -0.3 is 10.5 Å². The average molecular weight is 229 g/mol. The molecule has 1 aromatic heterocycles. The quantitative estimate of drug-likeness (QED) is 0.759. The van der Waals surface area contributed by atoms with Crippen LogP contribution in [0.15, 0.2) is 24.3 Å². The summed E-state index contributed by atoms with van der Waals surface area (Å²) in [7, 11) is 0. The van der Waals surface area contributed by atoms with E-state index >= 15 is 0 Å². The molecule has 88 valence electrons. The Kier molecular flexibility index (Phi) is 2.37. The maximum absolute atomic E-state index is 5.81. The molecule has 4 heteroatoms. The normalized spacial score (nSPS) is 14.6. The minimum atomic E-state index is 0.630. The van der Waals surface area contributed by atoms with Crippen LogP contribution in [-0.4, -0.2) is 16.4 Å². The Morgan fingerprint density at radius 3 is 3.12 bits per heavy atom. The SMILES string of the molecule is Cc1nn(-c2cccc(N)c2)c2c1CCOC2. The van der Waals surface area contributed by atoms with Gasteiger partial charge in [0.2, 0.25) is 0 Å². The Bertz CT molecular complexity index is 560. The fourth-order valence-electron chi connectivity index (χ4n) is 2.29. The van der Waals surface area contributed by atoms with E-state index in [4.69, 9.17) is 10.5 Å². The maximum Gasteiger partial charge on any atom is 0.0892 e. The van der Waals surface area contributed by atoms with Gasteiger partial charge in [0.25, 0.3) is 0 Å². The minimum Gasteiger partial charge on any atom is -0.399 e. The van der Waals surface area contributed by atoms with Gasteiger partial charge in [-0.15, -0.1) is 0 Å². The van der Waals surface area contributed by atoms with E-state index in [2.05, 4.69) is 5.10 Å². The molecule has 0 spiro atoms. The van der Waals surface area contributed by atoms with Crippen molar-refractivity contribution >= 4 is 5.69 Å². The van der Waals surface area contributed by atoms with Crippen LogP contribution in [0.3, 0.4) is 0 Å². The molecule has 1 aromatic carbocycles. The predicted octanol–water partition coefficient (Wildman–Crippen LogP) is 1.84. The molecule has 0 unspecified atom stereocenters. The number of aromatic nitrogens is 2. The molecule has 0 saturated carbocycles. The Labute approximate surface area is 100 Å². The van der Waals surface area contributed by atoms with Crippen LogP contribution in [0, 0.1) is 6.92 Å². The average Bonchev–Trinajstić information content (AvgIpc) is 2.68. The van der Waals surface area contributed by atoms with Crippen LogP contribution in [0.25, 0.3) is 5.69 Å². The summed E-state index contributed by atoms with van der Waals surface area (Å²) >= 11 is 0. The van der Waals surface area contributed by atoms with Crippen molar-refractivity contribution in [3.05, 3.63) is 41.2 Å². The standard InChI is InChI=1S/C13H15N3O/c1-9-12-5-6-17-8-13(12)16(15-9)11-4-2-3-10(14)7-11/h2-4,7H,5-6,8,14H2,1H3. The van der Waals surface area contributed by atoms with E-state index in [-0.39, 0.29) is 0 Å². The van der Waals surface area contributed by atoms with Gasteiger partial charge >= 0.3 is 0 Å². The fraction of sp³-hybridized carbons (Fsp3) is 0.308. The summed E-state index contributed by atoms with van der Waals surface area (Å²) in [5, 5.41) is 4.58. The molecule has 0 aliphatic carbocycles. The van der Waals surface area contributed by atoms with Crippen LogP contribution in [-0.2, 0) is 17.8 Å². The highest BCUT2D eigenvalue weighted by atomic mass is 16.5. The van der Waals surface area contributed by atoms with Crippen molar-refractivity contribution in [3.8, 4) is 5.69 Å². The van der Waals surface area contributed by atoms with Gasteiger partial charge in [-0.25, -0.2) is 4.68 Å². The van der Waals surface area contributed by atoms with Crippen LogP contribution < -0.4 is 5.73 Å². The number of benzene rings is 1. The molecule has 0 amide bonds. The summed E-state index contributed by atoms with van der Waals surface area (Å²) < 4.78 is 7.45. The number of nitrogens with two attached hydrogens (primary N) is 1. The first-order valence-electron chi connectivity index (χ1n) is 5.77. The van der Waals surface area contributed by atoms with E-state index in [0.717, 1.165) is 35.8 Å². The first kappa shape index (κ1) is 10.4. The van der Waals surface area contributed by atoms with Crippen molar-refractivity contribution in [2.75, 3.05) is 12.3 Å². The molecular formula is C13H15N3O. The summed E-state index contributed by atoms with van der Waals surface area (Å²) in [6.45, 7) is 3.47. The summed E-state index contributed by atoms with van der Waals surface area (Å²) in [5.74, 6) is 0. The Hall–Kier alpha value is -1.81. The lowest BCUT2D eigenvalue weighted by molar-refractivity contribution is 0.106. The lowest BCUT2D eigenvalue weighted by atomic mass is 10.1. The molecule has 0 saturated heterocycles. The highest BCUT2D eigenvalue weighted by Crippen LogP contribution is 2.24. The molecule has 0 atom stereocenters. The van der Waals surface area contributed by atoms with E-state index in [9.17, 15) is 0 Å². The van der Waals surface area contributed by atoms with Crippen LogP contribution >= 0.6 is 0 Å². The van der Waals surface area contributed by atoms with Gasteiger partial charge in [-0.05, 0) is 31.5 Å². The number of hydrogen-bond acceptors (Lipinski definition) is 3. The number of nitrogen functional groups attached to an aromatic ring is 1. The second-order valence-electron chi connectivity index (χ2n) is 4.32. The van der Waals surface area contributed by atoms with Crippen molar-refractivity contribution in [1.29, 1.82) is 0 Å². The van der Waals surface area contributed by atoms with Crippen LogP contribution in [0.4, 0.5) is 5.69 Å². The summed E-state index contributed by atoms with van der Waals surface area (Å²) in [4.78, 5) is 0. The minimum absolute atomic E-state index is 0.630. The number of rotatable bonds is 1. The van der Waals surface area contributed by atoms with Gasteiger partial charge in [0.1, 0.15) is 0 Å².